The van der Waals surface area contributed by atoms with E-state index in [0.717, 1.165) is 12.3 Å². The minimum Gasteiger partial charge on any atom is -0.325 e. The van der Waals surface area contributed by atoms with Crippen molar-refractivity contribution in [1.29, 1.82) is 0 Å². The lowest BCUT2D eigenvalue weighted by atomic mass is 9.80. The lowest BCUT2D eigenvalue weighted by Crippen LogP contribution is -2.44. The maximum atomic E-state index is 6.33. The Morgan fingerprint density at radius 2 is 1.69 bits per heavy atom. The standard InChI is InChI=1S/C12H27N/c1-6-12(13,11(4)5)9-7-8-10(2)3/h10-11H,6-9,13H2,1-5H3. The van der Waals surface area contributed by atoms with E-state index in [1.165, 1.54) is 19.3 Å². The van der Waals surface area contributed by atoms with Crippen molar-refractivity contribution < 1.29 is 0 Å². The second-order valence-corrected chi connectivity index (χ2v) is 5.03. The number of hydrogen-bond donors (Lipinski definition) is 1. The second-order valence-electron chi connectivity index (χ2n) is 5.03. The molecule has 0 saturated heterocycles. The predicted octanol–water partition coefficient (Wildman–Crippen LogP) is 3.58. The molecule has 2 N–H and O–H groups in total. The van der Waals surface area contributed by atoms with Crippen LogP contribution >= 0.6 is 0 Å². The lowest BCUT2D eigenvalue weighted by molar-refractivity contribution is 0.265. The van der Waals surface area contributed by atoms with Crippen molar-refractivity contribution in [3.63, 3.8) is 0 Å². The second kappa shape index (κ2) is 5.64. The molecule has 1 nitrogen and oxygen atoms in total. The van der Waals surface area contributed by atoms with Crippen LogP contribution in [-0.2, 0) is 0 Å². The lowest BCUT2D eigenvalue weighted by Gasteiger charge is -2.32. The van der Waals surface area contributed by atoms with Crippen LogP contribution in [-0.4, -0.2) is 5.54 Å². The summed E-state index contributed by atoms with van der Waals surface area (Å²) in [6, 6.07) is 0. The van der Waals surface area contributed by atoms with Gasteiger partial charge in [-0.05, 0) is 24.7 Å². The van der Waals surface area contributed by atoms with Crippen molar-refractivity contribution >= 4 is 0 Å². The third kappa shape index (κ3) is 4.66. The first-order valence-corrected chi connectivity index (χ1v) is 5.71. The average molecular weight is 185 g/mol. The van der Waals surface area contributed by atoms with Gasteiger partial charge in [-0.2, -0.15) is 0 Å². The molecular weight excluding hydrogens is 158 g/mol. The number of rotatable bonds is 6. The van der Waals surface area contributed by atoms with Gasteiger partial charge in [0.05, 0.1) is 0 Å². The van der Waals surface area contributed by atoms with Gasteiger partial charge in [0.2, 0.25) is 0 Å². The first-order valence-electron chi connectivity index (χ1n) is 5.71. The van der Waals surface area contributed by atoms with Crippen LogP contribution in [0.5, 0.6) is 0 Å². The van der Waals surface area contributed by atoms with Gasteiger partial charge in [0, 0.05) is 5.54 Å². The molecule has 0 heterocycles. The molecule has 1 atom stereocenters. The smallest absolute Gasteiger partial charge is 0.0174 e. The largest absolute Gasteiger partial charge is 0.325 e. The maximum absolute atomic E-state index is 6.33. The van der Waals surface area contributed by atoms with Crippen molar-refractivity contribution in [2.75, 3.05) is 0 Å². The van der Waals surface area contributed by atoms with Crippen molar-refractivity contribution in [2.45, 2.75) is 65.8 Å². The van der Waals surface area contributed by atoms with Crippen LogP contribution in [0.25, 0.3) is 0 Å². The number of hydrogen-bond acceptors (Lipinski definition) is 1. The topological polar surface area (TPSA) is 26.0 Å². The Hall–Kier alpha value is -0.0400. The van der Waals surface area contributed by atoms with Crippen LogP contribution in [0.15, 0.2) is 0 Å². The summed E-state index contributed by atoms with van der Waals surface area (Å²) in [4.78, 5) is 0. The van der Waals surface area contributed by atoms with Crippen LogP contribution < -0.4 is 5.73 Å². The molecule has 0 rings (SSSR count). The molecule has 0 fully saturated rings. The van der Waals surface area contributed by atoms with Gasteiger partial charge in [-0.15, -0.1) is 0 Å². The van der Waals surface area contributed by atoms with E-state index in [9.17, 15) is 0 Å². The minimum atomic E-state index is 0.0783. The molecule has 1 unspecified atom stereocenters. The average Bonchev–Trinajstić information content (AvgIpc) is 2.03. The van der Waals surface area contributed by atoms with Crippen molar-refractivity contribution in [1.82, 2.24) is 0 Å². The minimum absolute atomic E-state index is 0.0783. The van der Waals surface area contributed by atoms with Crippen LogP contribution in [0.2, 0.25) is 0 Å². The van der Waals surface area contributed by atoms with Crippen LogP contribution in [0.4, 0.5) is 0 Å². The molecule has 0 bridgehead atoms. The highest BCUT2D eigenvalue weighted by Crippen LogP contribution is 2.25. The first kappa shape index (κ1) is 13.0. The first-order chi connectivity index (χ1) is 5.92. The monoisotopic (exact) mass is 185 g/mol. The summed E-state index contributed by atoms with van der Waals surface area (Å²) in [6.07, 6.45) is 4.87. The van der Waals surface area contributed by atoms with Gasteiger partial charge in [0.25, 0.3) is 0 Å². The molecule has 1 heteroatoms. The summed E-state index contributed by atoms with van der Waals surface area (Å²) in [5, 5.41) is 0. The summed E-state index contributed by atoms with van der Waals surface area (Å²) in [7, 11) is 0. The van der Waals surface area contributed by atoms with E-state index in [1.54, 1.807) is 0 Å². The molecule has 80 valence electrons. The molecule has 0 aliphatic carbocycles. The molecule has 0 aliphatic heterocycles. The van der Waals surface area contributed by atoms with E-state index in [4.69, 9.17) is 5.73 Å². The third-order valence-corrected chi connectivity index (χ3v) is 3.23. The zero-order valence-corrected chi connectivity index (χ0v) is 10.1. The molecule has 0 saturated carbocycles. The number of nitrogens with two attached hydrogens (primary N) is 1. The molecular formula is C12H27N. The van der Waals surface area contributed by atoms with Gasteiger partial charge in [-0.1, -0.05) is 47.5 Å². The highest BCUT2D eigenvalue weighted by Gasteiger charge is 2.25. The third-order valence-electron chi connectivity index (χ3n) is 3.23. The van der Waals surface area contributed by atoms with Gasteiger partial charge < -0.3 is 5.73 Å². The molecule has 0 aliphatic rings. The van der Waals surface area contributed by atoms with Gasteiger partial charge >= 0.3 is 0 Å². The van der Waals surface area contributed by atoms with Crippen molar-refractivity contribution in [3.8, 4) is 0 Å². The molecule has 0 spiro atoms. The summed E-state index contributed by atoms with van der Waals surface area (Å²) in [6.45, 7) is 11.2. The molecule has 13 heavy (non-hydrogen) atoms. The molecule has 0 amide bonds. The Labute approximate surface area is 84.1 Å². The Bertz CT molecular complexity index is 129. The van der Waals surface area contributed by atoms with Gasteiger partial charge in [0.15, 0.2) is 0 Å². The SMILES string of the molecule is CCC(N)(CCCC(C)C)C(C)C. The summed E-state index contributed by atoms with van der Waals surface area (Å²) in [5.41, 5.74) is 6.40. The summed E-state index contributed by atoms with van der Waals surface area (Å²) >= 11 is 0. The maximum Gasteiger partial charge on any atom is 0.0174 e. The normalized spacial score (nSPS) is 16.6. The Morgan fingerprint density at radius 1 is 1.15 bits per heavy atom. The van der Waals surface area contributed by atoms with Crippen LogP contribution in [0, 0.1) is 11.8 Å². The molecule has 0 aromatic heterocycles. The fourth-order valence-electron chi connectivity index (χ4n) is 1.71. The van der Waals surface area contributed by atoms with Crippen molar-refractivity contribution in [3.05, 3.63) is 0 Å². The van der Waals surface area contributed by atoms with Crippen molar-refractivity contribution in [2.24, 2.45) is 17.6 Å². The molecule has 0 aromatic carbocycles. The Morgan fingerprint density at radius 3 is 2.00 bits per heavy atom. The Balaban J connectivity index is 3.84. The van der Waals surface area contributed by atoms with E-state index in [0.29, 0.717) is 5.92 Å². The summed E-state index contributed by atoms with van der Waals surface area (Å²) in [5.74, 6) is 1.41. The zero-order valence-electron chi connectivity index (χ0n) is 10.1. The van der Waals surface area contributed by atoms with Gasteiger partial charge in [0.1, 0.15) is 0 Å². The summed E-state index contributed by atoms with van der Waals surface area (Å²) < 4.78 is 0. The highest BCUT2D eigenvalue weighted by molar-refractivity contribution is 4.85. The van der Waals surface area contributed by atoms with E-state index in [2.05, 4.69) is 34.6 Å². The molecule has 0 radical (unpaired) electrons. The fourth-order valence-corrected chi connectivity index (χ4v) is 1.71. The quantitative estimate of drug-likeness (QED) is 0.672. The van der Waals surface area contributed by atoms with Crippen LogP contribution in [0.3, 0.4) is 0 Å². The van der Waals surface area contributed by atoms with Crippen LogP contribution in [0.1, 0.15) is 60.3 Å². The molecule has 0 aromatic rings. The van der Waals surface area contributed by atoms with Gasteiger partial charge in [-0.3, -0.25) is 0 Å². The highest BCUT2D eigenvalue weighted by atomic mass is 14.7. The zero-order chi connectivity index (χ0) is 10.5. The Kier molecular flexibility index (Phi) is 5.62. The van der Waals surface area contributed by atoms with E-state index in [1.807, 2.05) is 0 Å². The van der Waals surface area contributed by atoms with E-state index >= 15 is 0 Å². The fraction of sp³-hybridized carbons (Fsp3) is 1.00. The van der Waals surface area contributed by atoms with Gasteiger partial charge in [-0.25, -0.2) is 0 Å². The predicted molar refractivity (Wildman–Crippen MR) is 60.7 cm³/mol. The van der Waals surface area contributed by atoms with E-state index < -0.39 is 0 Å². The van der Waals surface area contributed by atoms with E-state index in [-0.39, 0.29) is 5.54 Å².